The molecule has 0 fully saturated rings. The Morgan fingerprint density at radius 1 is 1.04 bits per heavy atom. The van der Waals surface area contributed by atoms with Gasteiger partial charge in [-0.3, -0.25) is 14.9 Å². The van der Waals surface area contributed by atoms with E-state index < -0.39 is 4.92 Å². The van der Waals surface area contributed by atoms with Gasteiger partial charge in [0.05, 0.1) is 17.4 Å². The molecule has 0 aromatic heterocycles. The van der Waals surface area contributed by atoms with Crippen molar-refractivity contribution < 1.29 is 9.72 Å². The highest BCUT2D eigenvalue weighted by molar-refractivity contribution is 5.84. The van der Waals surface area contributed by atoms with Gasteiger partial charge in [0.1, 0.15) is 0 Å². The number of nitro groups is 1. The van der Waals surface area contributed by atoms with E-state index in [1.165, 1.54) is 6.07 Å². The van der Waals surface area contributed by atoms with E-state index in [0.29, 0.717) is 5.56 Å². The number of nitrogens with zero attached hydrogens (tertiary/aromatic N) is 1. The lowest BCUT2D eigenvalue weighted by Gasteiger charge is -2.15. The summed E-state index contributed by atoms with van der Waals surface area (Å²) < 4.78 is 0. The van der Waals surface area contributed by atoms with E-state index in [0.717, 1.165) is 16.3 Å². The third-order valence-corrected chi connectivity index (χ3v) is 4.19. The maximum absolute atomic E-state index is 12.3. The summed E-state index contributed by atoms with van der Waals surface area (Å²) in [6.07, 6.45) is -0.0188. The van der Waals surface area contributed by atoms with Gasteiger partial charge in [-0.2, -0.15) is 0 Å². The molecule has 0 bridgehead atoms. The van der Waals surface area contributed by atoms with Crippen LogP contribution < -0.4 is 5.32 Å². The zero-order valence-electron chi connectivity index (χ0n) is 13.8. The predicted molar refractivity (Wildman–Crippen MR) is 97.3 cm³/mol. The van der Waals surface area contributed by atoms with Crippen molar-refractivity contribution in [3.05, 3.63) is 88.0 Å². The first-order valence-electron chi connectivity index (χ1n) is 8.05. The number of amides is 1. The van der Waals surface area contributed by atoms with Gasteiger partial charge in [0, 0.05) is 11.6 Å². The first kappa shape index (κ1) is 16.6. The minimum absolute atomic E-state index is 0.0188. The Balaban J connectivity index is 1.73. The van der Waals surface area contributed by atoms with Crippen LogP contribution in [0.3, 0.4) is 0 Å². The molecule has 0 saturated heterocycles. The van der Waals surface area contributed by atoms with Crippen LogP contribution in [0.5, 0.6) is 0 Å². The van der Waals surface area contributed by atoms with Crippen LogP contribution in [0.15, 0.2) is 66.7 Å². The highest BCUT2D eigenvalue weighted by Crippen LogP contribution is 2.21. The zero-order valence-corrected chi connectivity index (χ0v) is 13.8. The summed E-state index contributed by atoms with van der Waals surface area (Å²) in [5.41, 5.74) is 1.38. The lowest BCUT2D eigenvalue weighted by molar-refractivity contribution is -0.385. The van der Waals surface area contributed by atoms with Gasteiger partial charge in [0.25, 0.3) is 5.69 Å². The molecule has 25 heavy (non-hydrogen) atoms. The molecule has 0 heterocycles. The summed E-state index contributed by atoms with van der Waals surface area (Å²) in [6.45, 7) is 1.90. The maximum atomic E-state index is 12.3. The van der Waals surface area contributed by atoms with Crippen molar-refractivity contribution in [3.63, 3.8) is 0 Å². The first-order valence-corrected chi connectivity index (χ1v) is 8.05. The molecule has 1 N–H and O–H groups in total. The van der Waals surface area contributed by atoms with Crippen LogP contribution in [0.4, 0.5) is 5.69 Å². The van der Waals surface area contributed by atoms with Crippen LogP contribution in [-0.4, -0.2) is 10.8 Å². The van der Waals surface area contributed by atoms with Gasteiger partial charge in [-0.15, -0.1) is 0 Å². The summed E-state index contributed by atoms with van der Waals surface area (Å²) in [5.74, 6) is -0.241. The molecule has 126 valence electrons. The number of carbonyl (C=O) groups excluding carboxylic acids is 1. The summed E-state index contributed by atoms with van der Waals surface area (Å²) in [4.78, 5) is 22.9. The average Bonchev–Trinajstić information content (AvgIpc) is 2.61. The Hall–Kier alpha value is -3.21. The van der Waals surface area contributed by atoms with Gasteiger partial charge in [-0.1, -0.05) is 54.6 Å². The normalized spacial score (nSPS) is 11.9. The lowest BCUT2D eigenvalue weighted by atomic mass is 10.0. The van der Waals surface area contributed by atoms with E-state index in [-0.39, 0.29) is 24.1 Å². The van der Waals surface area contributed by atoms with Crippen molar-refractivity contribution in [2.45, 2.75) is 19.4 Å². The fraction of sp³-hybridized carbons (Fsp3) is 0.150. The molecule has 0 aliphatic carbocycles. The minimum Gasteiger partial charge on any atom is -0.349 e. The number of nitro benzene ring substituents is 1. The summed E-state index contributed by atoms with van der Waals surface area (Å²) in [6, 6.07) is 20.2. The van der Waals surface area contributed by atoms with Crippen molar-refractivity contribution >= 4 is 22.4 Å². The van der Waals surface area contributed by atoms with Crippen LogP contribution in [0.2, 0.25) is 0 Å². The first-order chi connectivity index (χ1) is 12.0. The van der Waals surface area contributed by atoms with E-state index in [1.807, 2.05) is 49.4 Å². The Morgan fingerprint density at radius 2 is 1.72 bits per heavy atom. The van der Waals surface area contributed by atoms with Crippen molar-refractivity contribution in [1.82, 2.24) is 5.32 Å². The summed E-state index contributed by atoms with van der Waals surface area (Å²) >= 11 is 0. The van der Waals surface area contributed by atoms with Gasteiger partial charge >= 0.3 is 0 Å². The minimum atomic E-state index is -0.463. The van der Waals surface area contributed by atoms with Crippen LogP contribution in [0, 0.1) is 10.1 Å². The molecule has 5 nitrogen and oxygen atoms in total. The van der Waals surface area contributed by atoms with Crippen LogP contribution in [0.1, 0.15) is 24.1 Å². The molecule has 3 aromatic carbocycles. The second kappa shape index (κ2) is 7.13. The number of fused-ring (bicyclic) bond motifs is 1. The standard InChI is InChI=1S/C20H18N2O3/c1-14(16-11-10-15-6-2-3-7-17(15)12-16)21-20(23)13-18-8-4-5-9-19(18)22(24)25/h2-12,14H,13H2,1H3,(H,21,23). The number of nitrogens with one attached hydrogen (secondary N) is 1. The Bertz CT molecular complexity index is 937. The summed E-state index contributed by atoms with van der Waals surface area (Å²) in [5, 5.41) is 16.2. The maximum Gasteiger partial charge on any atom is 0.273 e. The number of benzene rings is 3. The summed E-state index contributed by atoms with van der Waals surface area (Å²) in [7, 11) is 0. The van der Waals surface area contributed by atoms with Crippen molar-refractivity contribution in [2.75, 3.05) is 0 Å². The third-order valence-electron chi connectivity index (χ3n) is 4.19. The van der Waals surface area contributed by atoms with Gasteiger partial charge in [0.15, 0.2) is 0 Å². The van der Waals surface area contributed by atoms with Crippen LogP contribution in [-0.2, 0) is 11.2 Å². The molecule has 3 aromatic rings. The van der Waals surface area contributed by atoms with Gasteiger partial charge in [-0.25, -0.2) is 0 Å². The van der Waals surface area contributed by atoms with E-state index in [4.69, 9.17) is 0 Å². The molecule has 0 spiro atoms. The van der Waals surface area contributed by atoms with Crippen molar-refractivity contribution in [1.29, 1.82) is 0 Å². The largest absolute Gasteiger partial charge is 0.349 e. The van der Waals surface area contributed by atoms with Gasteiger partial charge < -0.3 is 5.32 Å². The Kier molecular flexibility index (Phi) is 4.75. The lowest BCUT2D eigenvalue weighted by Crippen LogP contribution is -2.28. The molecule has 1 atom stereocenters. The third kappa shape index (κ3) is 3.83. The zero-order chi connectivity index (χ0) is 17.8. The molecule has 3 rings (SSSR count). The second-order valence-electron chi connectivity index (χ2n) is 5.96. The van der Waals surface area contributed by atoms with Crippen LogP contribution >= 0.6 is 0 Å². The molecule has 1 amide bonds. The topological polar surface area (TPSA) is 72.2 Å². The quantitative estimate of drug-likeness (QED) is 0.562. The number of rotatable bonds is 5. The molecule has 0 radical (unpaired) electrons. The Labute approximate surface area is 145 Å². The molecule has 0 aliphatic rings. The predicted octanol–water partition coefficient (Wildman–Crippen LogP) is 4.17. The monoisotopic (exact) mass is 334 g/mol. The molecular weight excluding hydrogens is 316 g/mol. The molecule has 1 unspecified atom stereocenters. The average molecular weight is 334 g/mol. The van der Waals surface area contributed by atoms with Gasteiger partial charge in [0.2, 0.25) is 5.91 Å². The number of carbonyl (C=O) groups is 1. The van der Waals surface area contributed by atoms with E-state index in [1.54, 1.807) is 18.2 Å². The van der Waals surface area contributed by atoms with Crippen molar-refractivity contribution in [2.24, 2.45) is 0 Å². The number of hydrogen-bond donors (Lipinski definition) is 1. The SMILES string of the molecule is CC(NC(=O)Cc1ccccc1[N+](=O)[O-])c1ccc2ccccc2c1. The smallest absolute Gasteiger partial charge is 0.273 e. The fourth-order valence-electron chi connectivity index (χ4n) is 2.86. The van der Waals surface area contributed by atoms with E-state index >= 15 is 0 Å². The van der Waals surface area contributed by atoms with Gasteiger partial charge in [-0.05, 0) is 29.3 Å². The molecule has 0 saturated carbocycles. The fourth-order valence-corrected chi connectivity index (χ4v) is 2.86. The van der Waals surface area contributed by atoms with Crippen LogP contribution in [0.25, 0.3) is 10.8 Å². The second-order valence-corrected chi connectivity index (χ2v) is 5.96. The molecule has 5 heteroatoms. The number of para-hydroxylation sites is 1. The number of hydrogen-bond acceptors (Lipinski definition) is 3. The van der Waals surface area contributed by atoms with Crippen molar-refractivity contribution in [3.8, 4) is 0 Å². The van der Waals surface area contributed by atoms with E-state index in [9.17, 15) is 14.9 Å². The Morgan fingerprint density at radius 3 is 2.48 bits per heavy atom. The highest BCUT2D eigenvalue weighted by atomic mass is 16.6. The molecule has 0 aliphatic heterocycles. The highest BCUT2D eigenvalue weighted by Gasteiger charge is 2.17. The molecular formula is C20H18N2O3. The van der Waals surface area contributed by atoms with E-state index in [2.05, 4.69) is 5.32 Å².